The summed E-state index contributed by atoms with van der Waals surface area (Å²) in [5.74, 6) is -1.21. The van der Waals surface area contributed by atoms with E-state index in [1.807, 2.05) is 30.3 Å². The molecule has 4 atom stereocenters. The Balaban J connectivity index is 0.000000374. The van der Waals surface area contributed by atoms with E-state index in [1.54, 1.807) is 24.9 Å². The third-order valence-electron chi connectivity index (χ3n) is 5.57. The first-order chi connectivity index (χ1) is 17.7. The topological polar surface area (TPSA) is 159 Å². The molecule has 0 bridgehead atoms. The predicted molar refractivity (Wildman–Crippen MR) is 137 cm³/mol. The van der Waals surface area contributed by atoms with E-state index in [1.165, 1.54) is 11.6 Å². The fraction of sp³-hybridized carbons (Fsp3) is 0.600. The van der Waals surface area contributed by atoms with Gasteiger partial charge in [0.05, 0.1) is 44.2 Å². The van der Waals surface area contributed by atoms with Gasteiger partial charge in [0.15, 0.2) is 0 Å². The van der Waals surface area contributed by atoms with Crippen LogP contribution in [0.1, 0.15) is 40.0 Å². The van der Waals surface area contributed by atoms with Gasteiger partial charge in [-0.2, -0.15) is 11.8 Å². The summed E-state index contributed by atoms with van der Waals surface area (Å²) in [6.45, 7) is 5.71. The Morgan fingerprint density at radius 2 is 2.05 bits per heavy atom. The molecule has 0 spiro atoms. The summed E-state index contributed by atoms with van der Waals surface area (Å²) in [6.07, 6.45) is 1.59. The second kappa shape index (κ2) is 18.0. The maximum absolute atomic E-state index is 11.3. The number of aliphatic hydroxyl groups excluding tert-OH is 2. The van der Waals surface area contributed by atoms with Gasteiger partial charge >= 0.3 is 29.6 Å². The number of rotatable bonds is 12. The molecule has 0 aliphatic carbocycles. The monoisotopic (exact) mass is 560 g/mol. The molecular formula is C25H37N4NaO7S. The Labute approximate surface area is 250 Å². The minimum atomic E-state index is -1.66. The summed E-state index contributed by atoms with van der Waals surface area (Å²) in [4.78, 5) is 22.2. The fourth-order valence-electron chi connectivity index (χ4n) is 3.51. The van der Waals surface area contributed by atoms with Gasteiger partial charge in [0.25, 0.3) is 0 Å². The van der Waals surface area contributed by atoms with Gasteiger partial charge in [-0.3, -0.25) is 4.79 Å². The van der Waals surface area contributed by atoms with Crippen LogP contribution in [0.15, 0.2) is 36.5 Å². The van der Waals surface area contributed by atoms with Gasteiger partial charge in [-0.15, -0.1) is 5.10 Å². The zero-order valence-corrected chi connectivity index (χ0v) is 25.4. The molecule has 1 amide bonds. The van der Waals surface area contributed by atoms with Crippen molar-refractivity contribution in [2.75, 3.05) is 24.7 Å². The van der Waals surface area contributed by atoms with Crippen molar-refractivity contribution in [2.24, 2.45) is 0 Å². The second-order valence-electron chi connectivity index (χ2n) is 8.69. The summed E-state index contributed by atoms with van der Waals surface area (Å²) in [5, 5.41) is 40.6. The van der Waals surface area contributed by atoms with Crippen molar-refractivity contribution < 1.29 is 63.9 Å². The van der Waals surface area contributed by atoms with Crippen molar-refractivity contribution in [2.45, 2.75) is 70.6 Å². The van der Waals surface area contributed by atoms with Crippen LogP contribution in [0.3, 0.4) is 0 Å². The van der Waals surface area contributed by atoms with Gasteiger partial charge in [-0.1, -0.05) is 42.5 Å². The number of ether oxygens (including phenoxy) is 2. The summed E-state index contributed by atoms with van der Waals surface area (Å²) in [5.41, 5.74) is 1.73. The molecule has 2 aromatic rings. The van der Waals surface area contributed by atoms with Crippen LogP contribution >= 0.6 is 11.8 Å². The normalized spacial score (nSPS) is 20.3. The molecular weight excluding hydrogens is 523 g/mol. The number of nitrogens with one attached hydrogen (secondary N) is 1. The smallest absolute Gasteiger partial charge is 0.544 e. The number of hydrogen-bond donors (Lipinski definition) is 3. The number of aliphatic hydroxyl groups is 2. The van der Waals surface area contributed by atoms with E-state index in [0.29, 0.717) is 13.0 Å². The summed E-state index contributed by atoms with van der Waals surface area (Å²) in [6, 6.07) is 9.52. The van der Waals surface area contributed by atoms with Gasteiger partial charge in [0, 0.05) is 18.9 Å². The van der Waals surface area contributed by atoms with E-state index < -0.39 is 24.0 Å². The van der Waals surface area contributed by atoms with Crippen LogP contribution in [0.4, 0.5) is 0 Å². The third-order valence-corrected chi connectivity index (χ3v) is 6.56. The average molecular weight is 561 g/mol. The van der Waals surface area contributed by atoms with Crippen LogP contribution in [-0.2, 0) is 25.6 Å². The number of hydrogen-bond acceptors (Lipinski definition) is 10. The number of nitrogens with zero attached hydrogens (tertiary/aromatic N) is 3. The summed E-state index contributed by atoms with van der Waals surface area (Å²) >= 11 is 1.78. The molecule has 2 unspecified atom stereocenters. The fourth-order valence-corrected chi connectivity index (χ4v) is 4.12. The number of carbonyl (C=O) groups excluding carboxylic acids is 2. The SMILES string of the molecule is CCSCCCO[C@]1(C(=O)[O-])CCC(NC(C)=O)CO1.C[C@H](O)C(O)Cn1cc(-c2ccccc2)nn1.[Na+]. The van der Waals surface area contributed by atoms with Crippen LogP contribution < -0.4 is 40.0 Å². The van der Waals surface area contributed by atoms with Crippen molar-refractivity contribution in [1.82, 2.24) is 20.3 Å². The van der Waals surface area contributed by atoms with E-state index in [-0.39, 0.29) is 61.1 Å². The molecule has 38 heavy (non-hydrogen) atoms. The maximum Gasteiger partial charge on any atom is 1.00 e. The van der Waals surface area contributed by atoms with Gasteiger partial charge in [0.2, 0.25) is 11.7 Å². The number of aliphatic carboxylic acids is 1. The number of carboxylic acid groups (broad SMARTS) is 1. The van der Waals surface area contributed by atoms with Crippen LogP contribution in [0, 0.1) is 0 Å². The first kappa shape index (κ1) is 34.5. The zero-order chi connectivity index (χ0) is 27.3. The number of amides is 1. The average Bonchev–Trinajstić information content (AvgIpc) is 3.34. The number of benzene rings is 1. The van der Waals surface area contributed by atoms with Gasteiger partial charge in [-0.25, -0.2) is 4.68 Å². The molecule has 3 N–H and O–H groups in total. The van der Waals surface area contributed by atoms with Gasteiger partial charge in [-0.05, 0) is 31.3 Å². The zero-order valence-electron chi connectivity index (χ0n) is 22.5. The Morgan fingerprint density at radius 1 is 1.34 bits per heavy atom. The van der Waals surface area contributed by atoms with Crippen molar-refractivity contribution in [3.8, 4) is 11.3 Å². The molecule has 1 aromatic heterocycles. The van der Waals surface area contributed by atoms with E-state index in [4.69, 9.17) is 9.47 Å². The molecule has 1 aromatic carbocycles. The van der Waals surface area contributed by atoms with Crippen LogP contribution in [-0.4, -0.2) is 85.8 Å². The third kappa shape index (κ3) is 11.7. The summed E-state index contributed by atoms with van der Waals surface area (Å²) in [7, 11) is 0. The van der Waals surface area contributed by atoms with Crippen LogP contribution in [0.25, 0.3) is 11.3 Å². The molecule has 1 saturated heterocycles. The molecule has 1 fully saturated rings. The Kier molecular flexibility index (Phi) is 16.3. The largest absolute Gasteiger partial charge is 1.00 e. The van der Waals surface area contributed by atoms with E-state index in [9.17, 15) is 24.9 Å². The molecule has 1 aliphatic rings. The molecule has 3 rings (SSSR count). The molecule has 1 aliphatic heterocycles. The Morgan fingerprint density at radius 3 is 2.61 bits per heavy atom. The van der Waals surface area contributed by atoms with Crippen molar-refractivity contribution in [1.29, 1.82) is 0 Å². The summed E-state index contributed by atoms with van der Waals surface area (Å²) < 4.78 is 12.3. The van der Waals surface area contributed by atoms with Crippen LogP contribution in [0.5, 0.6) is 0 Å². The van der Waals surface area contributed by atoms with Crippen molar-refractivity contribution in [3.63, 3.8) is 0 Å². The van der Waals surface area contributed by atoms with Crippen LogP contribution in [0.2, 0.25) is 0 Å². The number of aromatic nitrogens is 3. The predicted octanol–water partition coefficient (Wildman–Crippen LogP) is -2.40. The van der Waals surface area contributed by atoms with Crippen molar-refractivity contribution in [3.05, 3.63) is 36.5 Å². The standard InChI is InChI=1S/C13H23NO5S.C12H15N3O2.Na/c1-3-20-8-4-7-18-13(12(16)17)6-5-11(9-19-13)14-10(2)15;1-9(16)12(17)8-15-7-11(13-14-15)10-5-3-2-4-6-10;/h11H,3-9H2,1-2H3,(H,14,15)(H,16,17);2-7,9,12,16-17H,8H2,1H3;/q;;+1/p-1/t11?,13-;9-,12?;/m10./s1. The maximum atomic E-state index is 11.3. The first-order valence-electron chi connectivity index (χ1n) is 12.3. The molecule has 0 saturated carbocycles. The van der Waals surface area contributed by atoms with E-state index in [2.05, 4.69) is 22.6 Å². The minimum absolute atomic E-state index is 0. The Bertz CT molecular complexity index is 956. The number of carboxylic acids is 1. The van der Waals surface area contributed by atoms with Gasteiger partial charge in [0.1, 0.15) is 11.7 Å². The molecule has 13 heteroatoms. The molecule has 206 valence electrons. The van der Waals surface area contributed by atoms with E-state index in [0.717, 1.165) is 29.2 Å². The number of carbonyl (C=O) groups is 2. The first-order valence-corrected chi connectivity index (χ1v) is 13.5. The van der Waals surface area contributed by atoms with Crippen molar-refractivity contribution >= 4 is 23.6 Å². The number of thioether (sulfide) groups is 1. The quantitative estimate of drug-likeness (QED) is 0.189. The minimum Gasteiger partial charge on any atom is -0.544 e. The van der Waals surface area contributed by atoms with Gasteiger partial charge < -0.3 is 34.9 Å². The molecule has 0 radical (unpaired) electrons. The van der Waals surface area contributed by atoms with E-state index >= 15 is 0 Å². The molecule has 11 nitrogen and oxygen atoms in total. The Hall–Kier alpha value is -1.51. The molecule has 2 heterocycles. The second-order valence-corrected chi connectivity index (χ2v) is 10.1.